The molecule has 0 fully saturated rings. The van der Waals surface area contributed by atoms with Gasteiger partial charge in [-0.15, -0.1) is 0 Å². The van der Waals surface area contributed by atoms with Crippen LogP contribution in [0, 0.1) is 0 Å². The number of ether oxygens (including phenoxy) is 2. The highest BCUT2D eigenvalue weighted by atomic mass is 16.5. The van der Waals surface area contributed by atoms with Crippen molar-refractivity contribution in [2.75, 3.05) is 51.6 Å². The minimum Gasteiger partial charge on any atom is -0.399 e. The maximum atomic E-state index is 12.3. The Labute approximate surface area is 126 Å². The summed E-state index contributed by atoms with van der Waals surface area (Å²) in [5.41, 5.74) is 7.03. The lowest BCUT2D eigenvalue weighted by Crippen LogP contribution is -2.45. The van der Waals surface area contributed by atoms with E-state index in [-0.39, 0.29) is 11.9 Å². The molecule has 1 aromatic carbocycles. The zero-order valence-corrected chi connectivity index (χ0v) is 13.0. The Hall–Kier alpha value is -1.63. The summed E-state index contributed by atoms with van der Waals surface area (Å²) in [5.74, 6) is -0.0630. The summed E-state index contributed by atoms with van der Waals surface area (Å²) in [6.07, 6.45) is 0. The van der Waals surface area contributed by atoms with E-state index in [9.17, 15) is 4.79 Å². The quantitative estimate of drug-likeness (QED) is 0.669. The molecule has 118 valence electrons. The van der Waals surface area contributed by atoms with Gasteiger partial charge in [-0.25, -0.2) is 0 Å². The third-order valence-corrected chi connectivity index (χ3v) is 3.27. The zero-order valence-electron chi connectivity index (χ0n) is 13.0. The minimum absolute atomic E-state index is 0.0630. The molecule has 1 unspecified atom stereocenters. The van der Waals surface area contributed by atoms with Gasteiger partial charge in [0, 0.05) is 38.7 Å². The lowest BCUT2D eigenvalue weighted by molar-refractivity contribution is -0.121. The Bertz CT molecular complexity index is 415. The van der Waals surface area contributed by atoms with Crippen LogP contribution in [0.4, 0.5) is 11.4 Å². The summed E-state index contributed by atoms with van der Waals surface area (Å²) in [4.78, 5) is 14.3. The third-order valence-electron chi connectivity index (χ3n) is 3.27. The smallest absolute Gasteiger partial charge is 0.241 e. The number of amides is 1. The average Bonchev–Trinajstić information content (AvgIpc) is 2.49. The molecule has 21 heavy (non-hydrogen) atoms. The largest absolute Gasteiger partial charge is 0.399 e. The van der Waals surface area contributed by atoms with Crippen LogP contribution in [-0.4, -0.2) is 57.4 Å². The molecule has 0 spiro atoms. The number of nitrogen functional groups attached to an aromatic ring is 1. The van der Waals surface area contributed by atoms with Gasteiger partial charge in [0.05, 0.1) is 19.3 Å². The number of methoxy groups -OCH3 is 2. The van der Waals surface area contributed by atoms with Gasteiger partial charge in [0.25, 0.3) is 0 Å². The van der Waals surface area contributed by atoms with Crippen LogP contribution in [0.5, 0.6) is 0 Å². The zero-order chi connectivity index (χ0) is 15.7. The Balaban J connectivity index is 2.60. The highest BCUT2D eigenvalue weighted by molar-refractivity contribution is 5.94. The van der Waals surface area contributed by atoms with E-state index in [1.54, 1.807) is 38.5 Å². The molecule has 6 nitrogen and oxygen atoms in total. The van der Waals surface area contributed by atoms with E-state index < -0.39 is 0 Å². The molecule has 6 heteroatoms. The van der Waals surface area contributed by atoms with Crippen molar-refractivity contribution in [3.8, 4) is 0 Å². The van der Waals surface area contributed by atoms with Crippen molar-refractivity contribution in [1.29, 1.82) is 0 Å². The molecule has 1 atom stereocenters. The molecule has 0 aliphatic carbocycles. The lowest BCUT2D eigenvalue weighted by atomic mass is 10.2. The summed E-state index contributed by atoms with van der Waals surface area (Å²) >= 11 is 0. The monoisotopic (exact) mass is 295 g/mol. The molecule has 0 bridgehead atoms. The van der Waals surface area contributed by atoms with Gasteiger partial charge in [-0.05, 0) is 31.2 Å². The molecular formula is C15H25N3O3. The second kappa shape index (κ2) is 9.33. The third kappa shape index (κ3) is 6.12. The summed E-state index contributed by atoms with van der Waals surface area (Å²) in [7, 11) is 3.29. The van der Waals surface area contributed by atoms with Crippen molar-refractivity contribution in [1.82, 2.24) is 4.90 Å². The first-order valence-corrected chi connectivity index (χ1v) is 6.96. The van der Waals surface area contributed by atoms with Crippen LogP contribution < -0.4 is 11.1 Å². The van der Waals surface area contributed by atoms with Crippen LogP contribution in [0.25, 0.3) is 0 Å². The fourth-order valence-electron chi connectivity index (χ4n) is 1.90. The molecule has 0 radical (unpaired) electrons. The Kier molecular flexibility index (Phi) is 7.74. The van der Waals surface area contributed by atoms with Crippen LogP contribution in [0.15, 0.2) is 24.3 Å². The number of carbonyl (C=O) groups is 1. The predicted molar refractivity (Wildman–Crippen MR) is 84.3 cm³/mol. The molecule has 3 N–H and O–H groups in total. The number of hydrogen-bond donors (Lipinski definition) is 2. The van der Waals surface area contributed by atoms with Gasteiger partial charge in [-0.2, -0.15) is 0 Å². The first kappa shape index (κ1) is 17.4. The number of rotatable bonds is 9. The molecular weight excluding hydrogens is 270 g/mol. The van der Waals surface area contributed by atoms with Gasteiger partial charge in [-0.3, -0.25) is 9.69 Å². The van der Waals surface area contributed by atoms with Crippen LogP contribution in [-0.2, 0) is 14.3 Å². The number of nitrogens with zero attached hydrogens (tertiary/aromatic N) is 1. The maximum Gasteiger partial charge on any atom is 0.241 e. The van der Waals surface area contributed by atoms with E-state index >= 15 is 0 Å². The average molecular weight is 295 g/mol. The molecule has 0 aliphatic rings. The van der Waals surface area contributed by atoms with Crippen molar-refractivity contribution >= 4 is 17.3 Å². The number of hydrogen-bond acceptors (Lipinski definition) is 5. The van der Waals surface area contributed by atoms with E-state index in [1.807, 2.05) is 11.8 Å². The Morgan fingerprint density at radius 3 is 2.19 bits per heavy atom. The molecule has 1 rings (SSSR count). The topological polar surface area (TPSA) is 76.8 Å². The highest BCUT2D eigenvalue weighted by Gasteiger charge is 2.20. The van der Waals surface area contributed by atoms with Crippen LogP contribution in [0.2, 0.25) is 0 Å². The highest BCUT2D eigenvalue weighted by Crippen LogP contribution is 2.12. The van der Waals surface area contributed by atoms with E-state index in [0.29, 0.717) is 32.0 Å². The number of nitrogens with one attached hydrogen (secondary N) is 1. The van der Waals surface area contributed by atoms with E-state index in [1.165, 1.54) is 0 Å². The molecule has 0 heterocycles. The maximum absolute atomic E-state index is 12.3. The fraction of sp³-hybridized carbons (Fsp3) is 0.533. The molecule has 0 saturated carbocycles. The second-order valence-electron chi connectivity index (χ2n) is 4.81. The number of nitrogens with two attached hydrogens (primary N) is 1. The van der Waals surface area contributed by atoms with Gasteiger partial charge in [0.1, 0.15) is 0 Å². The van der Waals surface area contributed by atoms with Gasteiger partial charge in [-0.1, -0.05) is 0 Å². The number of anilines is 2. The van der Waals surface area contributed by atoms with Crippen molar-refractivity contribution in [2.24, 2.45) is 0 Å². The summed E-state index contributed by atoms with van der Waals surface area (Å²) in [6, 6.07) is 6.82. The number of benzene rings is 1. The molecule has 0 saturated heterocycles. The van der Waals surface area contributed by atoms with Crippen molar-refractivity contribution in [3.63, 3.8) is 0 Å². The van der Waals surface area contributed by atoms with Crippen molar-refractivity contribution in [2.45, 2.75) is 13.0 Å². The molecule has 1 aromatic rings. The van der Waals surface area contributed by atoms with E-state index in [4.69, 9.17) is 15.2 Å². The standard InChI is InChI=1S/C15H25N3O3/c1-12(18(8-10-20-2)9-11-21-3)15(19)17-14-6-4-13(16)5-7-14/h4-7,12H,8-11,16H2,1-3H3,(H,17,19). The Morgan fingerprint density at radius 2 is 1.71 bits per heavy atom. The second-order valence-corrected chi connectivity index (χ2v) is 4.81. The van der Waals surface area contributed by atoms with Crippen LogP contribution >= 0.6 is 0 Å². The van der Waals surface area contributed by atoms with Gasteiger partial charge in [0.15, 0.2) is 0 Å². The van der Waals surface area contributed by atoms with Gasteiger partial charge in [0.2, 0.25) is 5.91 Å². The van der Waals surface area contributed by atoms with Gasteiger partial charge >= 0.3 is 0 Å². The van der Waals surface area contributed by atoms with E-state index in [0.717, 1.165) is 5.69 Å². The first-order chi connectivity index (χ1) is 10.1. The fourth-order valence-corrected chi connectivity index (χ4v) is 1.90. The summed E-state index contributed by atoms with van der Waals surface area (Å²) < 4.78 is 10.2. The van der Waals surface area contributed by atoms with Crippen LogP contribution in [0.3, 0.4) is 0 Å². The molecule has 0 aliphatic heterocycles. The molecule has 0 aromatic heterocycles. The predicted octanol–water partition coefficient (Wildman–Crippen LogP) is 1.19. The lowest BCUT2D eigenvalue weighted by Gasteiger charge is -2.27. The number of carbonyl (C=O) groups excluding carboxylic acids is 1. The SMILES string of the molecule is COCCN(CCOC)C(C)C(=O)Nc1ccc(N)cc1. The summed E-state index contributed by atoms with van der Waals surface area (Å²) in [5, 5.41) is 2.88. The van der Waals surface area contributed by atoms with Crippen molar-refractivity contribution in [3.05, 3.63) is 24.3 Å². The van der Waals surface area contributed by atoms with Crippen LogP contribution in [0.1, 0.15) is 6.92 Å². The van der Waals surface area contributed by atoms with Crippen molar-refractivity contribution < 1.29 is 14.3 Å². The first-order valence-electron chi connectivity index (χ1n) is 6.96. The molecule has 1 amide bonds. The minimum atomic E-state index is -0.271. The summed E-state index contributed by atoms with van der Waals surface area (Å²) in [6.45, 7) is 4.37. The van der Waals surface area contributed by atoms with E-state index in [2.05, 4.69) is 5.32 Å². The van der Waals surface area contributed by atoms with Gasteiger partial charge < -0.3 is 20.5 Å². The Morgan fingerprint density at radius 1 is 1.19 bits per heavy atom. The normalized spacial score (nSPS) is 12.4.